The van der Waals surface area contributed by atoms with Crippen LogP contribution in [0.2, 0.25) is 5.02 Å². The van der Waals surface area contributed by atoms with Crippen molar-refractivity contribution in [2.24, 2.45) is 5.73 Å². The van der Waals surface area contributed by atoms with Gasteiger partial charge in [0.2, 0.25) is 0 Å². The fraction of sp³-hybridized carbons (Fsp3) is 0.267. The molecule has 2 aromatic heterocycles. The number of nitrogens with two attached hydrogens (primary N) is 1. The molecule has 1 saturated carbocycles. The second-order valence-electron chi connectivity index (χ2n) is 5.48. The molecule has 0 amide bonds. The highest BCUT2D eigenvalue weighted by Gasteiger charge is 2.39. The lowest BCUT2D eigenvalue weighted by Crippen LogP contribution is -2.44. The summed E-state index contributed by atoms with van der Waals surface area (Å²) in [5, 5.41) is 7.46. The van der Waals surface area contributed by atoms with E-state index in [4.69, 9.17) is 21.9 Å². The maximum Gasteiger partial charge on any atom is 0.277 e. The zero-order valence-electron chi connectivity index (χ0n) is 12.0. The molecule has 120 valence electrons. The molecule has 1 aliphatic rings. The number of aromatic nitrogens is 3. The molecule has 0 saturated heterocycles. The first-order valence-electron chi connectivity index (χ1n) is 6.99. The van der Waals surface area contributed by atoms with E-state index in [9.17, 15) is 0 Å². The Bertz CT molecular complexity index is 828. The van der Waals surface area contributed by atoms with Gasteiger partial charge in [-0.3, -0.25) is 0 Å². The molecular formula is C15H14Cl2N4OS. The van der Waals surface area contributed by atoms with Gasteiger partial charge in [0, 0.05) is 16.0 Å². The molecule has 5 nitrogen and oxygen atoms in total. The monoisotopic (exact) mass is 368 g/mol. The van der Waals surface area contributed by atoms with Crippen molar-refractivity contribution in [1.29, 1.82) is 0 Å². The maximum absolute atomic E-state index is 6.21. The summed E-state index contributed by atoms with van der Waals surface area (Å²) < 4.78 is 5.32. The Morgan fingerprint density at radius 2 is 2.09 bits per heavy atom. The molecular weight excluding hydrogens is 355 g/mol. The molecule has 1 aliphatic carbocycles. The van der Waals surface area contributed by atoms with Crippen LogP contribution in [0.3, 0.4) is 0 Å². The second-order valence-corrected chi connectivity index (χ2v) is 6.78. The highest BCUT2D eigenvalue weighted by Crippen LogP contribution is 2.38. The molecule has 0 aliphatic heterocycles. The van der Waals surface area contributed by atoms with E-state index in [1.807, 2.05) is 29.6 Å². The van der Waals surface area contributed by atoms with Crippen molar-refractivity contribution in [3.05, 3.63) is 40.5 Å². The van der Waals surface area contributed by atoms with Crippen molar-refractivity contribution in [2.75, 3.05) is 0 Å². The van der Waals surface area contributed by atoms with E-state index in [-0.39, 0.29) is 12.4 Å². The molecule has 23 heavy (non-hydrogen) atoms. The number of hydrogen-bond acceptors (Lipinski definition) is 6. The smallest absolute Gasteiger partial charge is 0.277 e. The Morgan fingerprint density at radius 1 is 1.26 bits per heavy atom. The molecule has 8 heteroatoms. The topological polar surface area (TPSA) is 77.8 Å². The maximum atomic E-state index is 6.21. The average molecular weight is 369 g/mol. The summed E-state index contributed by atoms with van der Waals surface area (Å²) in [6.45, 7) is 0. The lowest BCUT2D eigenvalue weighted by Gasteiger charge is -2.34. The van der Waals surface area contributed by atoms with Gasteiger partial charge in [0.05, 0.1) is 5.54 Å². The molecule has 0 unspecified atom stereocenters. The predicted molar refractivity (Wildman–Crippen MR) is 92.8 cm³/mol. The van der Waals surface area contributed by atoms with Gasteiger partial charge in [0.1, 0.15) is 10.7 Å². The first-order chi connectivity index (χ1) is 10.6. The third-order valence-corrected chi connectivity index (χ3v) is 5.04. The normalized spacial score (nSPS) is 15.7. The van der Waals surface area contributed by atoms with Gasteiger partial charge in [-0.1, -0.05) is 28.9 Å². The van der Waals surface area contributed by atoms with Crippen LogP contribution in [0.5, 0.6) is 0 Å². The number of nitrogens with zero attached hydrogens (tertiary/aromatic N) is 3. The molecule has 0 atom stereocenters. The number of halogens is 2. The van der Waals surface area contributed by atoms with E-state index in [0.29, 0.717) is 22.4 Å². The number of thiazole rings is 1. The first kappa shape index (κ1) is 16.4. The third kappa shape index (κ3) is 2.99. The summed E-state index contributed by atoms with van der Waals surface area (Å²) in [4.78, 5) is 8.97. The summed E-state index contributed by atoms with van der Waals surface area (Å²) in [5.41, 5.74) is 7.43. The lowest BCUT2D eigenvalue weighted by atomic mass is 9.77. The molecule has 2 heterocycles. The minimum Gasteiger partial charge on any atom is -0.332 e. The Labute approximate surface area is 148 Å². The lowest BCUT2D eigenvalue weighted by molar-refractivity contribution is 0.229. The molecule has 0 bridgehead atoms. The molecule has 2 N–H and O–H groups in total. The van der Waals surface area contributed by atoms with Crippen LogP contribution >= 0.6 is 35.3 Å². The van der Waals surface area contributed by atoms with Crippen LogP contribution in [0.25, 0.3) is 22.2 Å². The molecule has 1 aromatic carbocycles. The molecule has 3 aromatic rings. The SMILES string of the molecule is Cl.NC1(c2noc(-c3csc(-c4cccc(Cl)c4)n3)n2)CCC1. The van der Waals surface area contributed by atoms with Gasteiger partial charge in [-0.15, -0.1) is 23.7 Å². The number of benzene rings is 1. The standard InChI is InChI=1S/C15H13ClN4OS.ClH/c16-10-4-1-3-9(7-10)13-18-11(8-22-13)12-19-14(20-21-12)15(17)5-2-6-15;/h1,3-4,7-8H,2,5-6,17H2;1H. The van der Waals surface area contributed by atoms with Crippen molar-refractivity contribution < 1.29 is 4.52 Å². The van der Waals surface area contributed by atoms with Crippen molar-refractivity contribution in [3.63, 3.8) is 0 Å². The third-order valence-electron chi connectivity index (χ3n) is 3.91. The van der Waals surface area contributed by atoms with Crippen LogP contribution in [0, 0.1) is 0 Å². The fourth-order valence-corrected chi connectivity index (χ4v) is 3.42. The summed E-state index contributed by atoms with van der Waals surface area (Å²) in [7, 11) is 0. The van der Waals surface area contributed by atoms with E-state index >= 15 is 0 Å². The van der Waals surface area contributed by atoms with Crippen LogP contribution in [-0.2, 0) is 5.54 Å². The fourth-order valence-electron chi connectivity index (χ4n) is 2.44. The van der Waals surface area contributed by atoms with Crippen molar-refractivity contribution in [1.82, 2.24) is 15.1 Å². The Balaban J connectivity index is 0.00000156. The second kappa shape index (κ2) is 6.20. The zero-order chi connectivity index (χ0) is 15.2. The van der Waals surface area contributed by atoms with Crippen molar-refractivity contribution in [3.8, 4) is 22.2 Å². The van der Waals surface area contributed by atoms with E-state index in [2.05, 4.69) is 15.1 Å². The van der Waals surface area contributed by atoms with Crippen LogP contribution in [-0.4, -0.2) is 15.1 Å². The Morgan fingerprint density at radius 3 is 2.78 bits per heavy atom. The van der Waals surface area contributed by atoms with Gasteiger partial charge in [-0.05, 0) is 31.4 Å². The van der Waals surface area contributed by atoms with Gasteiger partial charge < -0.3 is 10.3 Å². The minimum atomic E-state index is -0.423. The number of rotatable bonds is 3. The first-order valence-corrected chi connectivity index (χ1v) is 8.25. The summed E-state index contributed by atoms with van der Waals surface area (Å²) >= 11 is 7.53. The predicted octanol–water partition coefficient (Wildman–Crippen LogP) is 4.27. The molecule has 4 rings (SSSR count). The summed E-state index contributed by atoms with van der Waals surface area (Å²) in [5.74, 6) is 0.988. The highest BCUT2D eigenvalue weighted by molar-refractivity contribution is 7.13. The average Bonchev–Trinajstić information content (AvgIpc) is 3.14. The van der Waals surface area contributed by atoms with Gasteiger partial charge in [0.15, 0.2) is 5.82 Å². The molecule has 0 spiro atoms. The molecule has 1 fully saturated rings. The van der Waals surface area contributed by atoms with E-state index < -0.39 is 5.54 Å². The van der Waals surface area contributed by atoms with Crippen molar-refractivity contribution in [2.45, 2.75) is 24.8 Å². The van der Waals surface area contributed by atoms with Crippen LogP contribution in [0.4, 0.5) is 0 Å². The number of hydrogen-bond donors (Lipinski definition) is 1. The van der Waals surface area contributed by atoms with Crippen LogP contribution < -0.4 is 5.73 Å². The quantitative estimate of drug-likeness (QED) is 0.746. The Hall–Kier alpha value is -1.47. The van der Waals surface area contributed by atoms with Crippen LogP contribution in [0.15, 0.2) is 34.2 Å². The van der Waals surface area contributed by atoms with E-state index in [1.165, 1.54) is 11.3 Å². The van der Waals surface area contributed by atoms with E-state index in [0.717, 1.165) is 29.8 Å². The van der Waals surface area contributed by atoms with Crippen molar-refractivity contribution >= 4 is 35.3 Å². The van der Waals surface area contributed by atoms with Gasteiger partial charge >= 0.3 is 0 Å². The minimum absolute atomic E-state index is 0. The van der Waals surface area contributed by atoms with Crippen LogP contribution in [0.1, 0.15) is 25.1 Å². The largest absolute Gasteiger partial charge is 0.332 e. The van der Waals surface area contributed by atoms with Gasteiger partial charge in [0.25, 0.3) is 5.89 Å². The highest BCUT2D eigenvalue weighted by atomic mass is 35.5. The van der Waals surface area contributed by atoms with E-state index in [1.54, 1.807) is 0 Å². The zero-order valence-corrected chi connectivity index (χ0v) is 14.4. The summed E-state index contributed by atoms with van der Waals surface area (Å²) in [6, 6.07) is 7.59. The van der Waals surface area contributed by atoms with Gasteiger partial charge in [-0.2, -0.15) is 4.98 Å². The van der Waals surface area contributed by atoms with Gasteiger partial charge in [-0.25, -0.2) is 4.98 Å². The summed E-state index contributed by atoms with van der Waals surface area (Å²) in [6.07, 6.45) is 2.91. The Kier molecular flexibility index (Phi) is 4.42. The molecule has 0 radical (unpaired) electrons.